The predicted octanol–water partition coefficient (Wildman–Crippen LogP) is -0.233. The van der Waals surface area contributed by atoms with Crippen molar-refractivity contribution in [3.05, 3.63) is 12.2 Å². The molecule has 27 heavy (non-hydrogen) atoms. The van der Waals surface area contributed by atoms with Crippen LogP contribution in [0, 0.1) is 11.8 Å². The van der Waals surface area contributed by atoms with Crippen LogP contribution in [0.15, 0.2) is 12.2 Å². The number of fused-ring (bicyclic) bond motifs is 5. The zero-order valence-electron chi connectivity index (χ0n) is 15.5. The maximum Gasteiger partial charge on any atom is 0.469 e. The second-order valence-corrected chi connectivity index (χ2v) is 8.43. The average molecular weight is 404 g/mol. The number of amides is 2. The molecule has 0 aromatic rings. The molecule has 3 N–H and O–H groups in total. The van der Waals surface area contributed by atoms with Crippen LogP contribution in [0.4, 0.5) is 0 Å². The molecule has 0 spiro atoms. The maximum absolute atomic E-state index is 13.1. The first-order valence-electron chi connectivity index (χ1n) is 8.77. The van der Waals surface area contributed by atoms with Crippen LogP contribution in [0.2, 0.25) is 0 Å². The van der Waals surface area contributed by atoms with Gasteiger partial charge < -0.3 is 29.5 Å². The Labute approximate surface area is 157 Å². The van der Waals surface area contributed by atoms with E-state index < -0.39 is 31.2 Å². The van der Waals surface area contributed by atoms with Gasteiger partial charge in [0.1, 0.15) is 11.8 Å². The minimum atomic E-state index is -4.62. The van der Waals surface area contributed by atoms with Gasteiger partial charge in [-0.25, -0.2) is 4.57 Å². The number of phosphoric acid groups is 1. The SMILES string of the molecule is CCC(=O)NCC12C=CC(C)(O1)C1C(OC)N(CCOP(=O)(O)O)C(=O)C12. The maximum atomic E-state index is 13.1. The van der Waals surface area contributed by atoms with Gasteiger partial charge in [0.25, 0.3) is 0 Å². The summed E-state index contributed by atoms with van der Waals surface area (Å²) in [5.41, 5.74) is -1.70. The van der Waals surface area contributed by atoms with Crippen LogP contribution in [0.3, 0.4) is 0 Å². The summed E-state index contributed by atoms with van der Waals surface area (Å²) in [6, 6.07) is 0. The smallest absolute Gasteiger partial charge is 0.361 e. The average Bonchev–Trinajstić information content (AvgIpc) is 3.17. The first-order valence-corrected chi connectivity index (χ1v) is 10.3. The van der Waals surface area contributed by atoms with Crippen molar-refractivity contribution in [3.63, 3.8) is 0 Å². The number of hydrogen-bond acceptors (Lipinski definition) is 6. The number of hydrogen-bond donors (Lipinski definition) is 3. The lowest BCUT2D eigenvalue weighted by Gasteiger charge is -2.33. The number of ether oxygens (including phenoxy) is 2. The molecule has 2 amide bonds. The molecule has 0 aromatic carbocycles. The van der Waals surface area contributed by atoms with Crippen molar-refractivity contribution in [1.82, 2.24) is 10.2 Å². The molecular weight excluding hydrogens is 379 g/mol. The van der Waals surface area contributed by atoms with Gasteiger partial charge in [-0.15, -0.1) is 0 Å². The number of likely N-dealkylation sites (tertiary alicyclic amines) is 1. The van der Waals surface area contributed by atoms with Crippen molar-refractivity contribution < 1.29 is 37.9 Å². The number of methoxy groups -OCH3 is 1. The Morgan fingerprint density at radius 1 is 1.44 bits per heavy atom. The van der Waals surface area contributed by atoms with Gasteiger partial charge in [0.2, 0.25) is 11.8 Å². The molecule has 0 aromatic heterocycles. The second kappa shape index (κ2) is 6.95. The third kappa shape index (κ3) is 3.46. The molecular formula is C16H25N2O8P. The van der Waals surface area contributed by atoms with Crippen molar-refractivity contribution >= 4 is 19.6 Å². The minimum Gasteiger partial charge on any atom is -0.361 e. The van der Waals surface area contributed by atoms with E-state index in [-0.39, 0.29) is 37.4 Å². The summed E-state index contributed by atoms with van der Waals surface area (Å²) < 4.78 is 27.1. The van der Waals surface area contributed by atoms with Crippen molar-refractivity contribution in [3.8, 4) is 0 Å². The van der Waals surface area contributed by atoms with Gasteiger partial charge in [0.15, 0.2) is 0 Å². The van der Waals surface area contributed by atoms with Gasteiger partial charge in [-0.2, -0.15) is 0 Å². The number of carbonyl (C=O) groups is 2. The molecule has 3 rings (SSSR count). The van der Waals surface area contributed by atoms with Crippen LogP contribution in [0.1, 0.15) is 20.3 Å². The third-order valence-electron chi connectivity index (χ3n) is 5.53. The van der Waals surface area contributed by atoms with Gasteiger partial charge in [-0.05, 0) is 6.92 Å². The summed E-state index contributed by atoms with van der Waals surface area (Å²) in [6.07, 6.45) is 3.42. The second-order valence-electron chi connectivity index (χ2n) is 7.19. The molecule has 0 saturated carbocycles. The molecule has 5 unspecified atom stereocenters. The molecule has 3 aliphatic rings. The Balaban J connectivity index is 1.82. The van der Waals surface area contributed by atoms with Crippen LogP contribution in [0.25, 0.3) is 0 Å². The van der Waals surface area contributed by atoms with E-state index in [1.165, 1.54) is 12.0 Å². The van der Waals surface area contributed by atoms with E-state index in [0.717, 1.165) is 0 Å². The summed E-state index contributed by atoms with van der Waals surface area (Å²) in [5, 5.41) is 2.80. The van der Waals surface area contributed by atoms with Crippen LogP contribution < -0.4 is 5.32 Å². The normalized spacial score (nSPS) is 37.1. The Kier molecular flexibility index (Phi) is 5.26. The molecule has 0 radical (unpaired) electrons. The fraction of sp³-hybridized carbons (Fsp3) is 0.750. The molecule has 2 fully saturated rings. The number of rotatable bonds is 8. The Hall–Kier alpha value is -1.29. The summed E-state index contributed by atoms with van der Waals surface area (Å²) >= 11 is 0. The largest absolute Gasteiger partial charge is 0.469 e. The van der Waals surface area contributed by atoms with E-state index in [4.69, 9.17) is 19.3 Å². The van der Waals surface area contributed by atoms with Crippen molar-refractivity contribution in [2.24, 2.45) is 11.8 Å². The van der Waals surface area contributed by atoms with Crippen molar-refractivity contribution in [1.29, 1.82) is 0 Å². The summed E-state index contributed by atoms with van der Waals surface area (Å²) in [5.74, 6) is -1.27. The highest BCUT2D eigenvalue weighted by molar-refractivity contribution is 7.46. The number of nitrogens with zero attached hydrogens (tertiary/aromatic N) is 1. The van der Waals surface area contributed by atoms with E-state index in [0.29, 0.717) is 6.42 Å². The topological polar surface area (TPSA) is 135 Å². The van der Waals surface area contributed by atoms with Crippen LogP contribution in [-0.4, -0.2) is 70.7 Å². The summed E-state index contributed by atoms with van der Waals surface area (Å²) in [4.78, 5) is 44.0. The lowest BCUT2D eigenvalue weighted by atomic mass is 9.72. The first-order chi connectivity index (χ1) is 12.6. The van der Waals surface area contributed by atoms with E-state index in [9.17, 15) is 14.2 Å². The molecule has 3 aliphatic heterocycles. The highest BCUT2D eigenvalue weighted by atomic mass is 31.2. The lowest BCUT2D eigenvalue weighted by Crippen LogP contribution is -2.49. The zero-order chi connectivity index (χ0) is 20.0. The highest BCUT2D eigenvalue weighted by Crippen LogP contribution is 2.58. The van der Waals surface area contributed by atoms with Crippen LogP contribution in [0.5, 0.6) is 0 Å². The van der Waals surface area contributed by atoms with Gasteiger partial charge in [0.05, 0.1) is 30.6 Å². The van der Waals surface area contributed by atoms with Gasteiger partial charge in [0, 0.05) is 20.1 Å². The van der Waals surface area contributed by atoms with E-state index >= 15 is 0 Å². The van der Waals surface area contributed by atoms with Crippen LogP contribution >= 0.6 is 7.82 Å². The standard InChI is InChI=1S/C16H25N2O8P/c1-4-10(19)17-9-16-6-5-15(2,26-16)12-11(16)13(20)18(14(12)24-3)7-8-25-27(21,22)23/h5-6,11-12,14H,4,7-9H2,1-3H3,(H,17,19)(H2,21,22,23). The molecule has 152 valence electrons. The molecule has 2 bridgehead atoms. The van der Waals surface area contributed by atoms with Crippen molar-refractivity contribution in [2.75, 3.05) is 26.8 Å². The predicted molar refractivity (Wildman–Crippen MR) is 92.1 cm³/mol. The molecule has 11 heteroatoms. The highest BCUT2D eigenvalue weighted by Gasteiger charge is 2.71. The van der Waals surface area contributed by atoms with Gasteiger partial charge >= 0.3 is 7.82 Å². The summed E-state index contributed by atoms with van der Waals surface area (Å²) in [6.45, 7) is 3.43. The quantitative estimate of drug-likeness (QED) is 0.373. The molecule has 0 aliphatic carbocycles. The van der Waals surface area contributed by atoms with E-state index in [1.807, 2.05) is 19.1 Å². The lowest BCUT2D eigenvalue weighted by molar-refractivity contribution is -0.149. The van der Waals surface area contributed by atoms with Crippen molar-refractivity contribution in [2.45, 2.75) is 37.7 Å². The number of carbonyl (C=O) groups excluding carboxylic acids is 2. The van der Waals surface area contributed by atoms with E-state index in [1.54, 1.807) is 6.92 Å². The summed E-state index contributed by atoms with van der Waals surface area (Å²) in [7, 11) is -3.15. The molecule has 10 nitrogen and oxygen atoms in total. The van der Waals surface area contributed by atoms with E-state index in [2.05, 4.69) is 9.84 Å². The van der Waals surface area contributed by atoms with Gasteiger partial charge in [-0.3, -0.25) is 14.1 Å². The fourth-order valence-electron chi connectivity index (χ4n) is 4.41. The van der Waals surface area contributed by atoms with Gasteiger partial charge in [-0.1, -0.05) is 19.1 Å². The van der Waals surface area contributed by atoms with Crippen LogP contribution in [-0.2, 0) is 28.2 Å². The number of nitrogens with one attached hydrogen (secondary N) is 1. The Bertz CT molecular complexity index is 709. The molecule has 5 atom stereocenters. The third-order valence-corrected chi connectivity index (χ3v) is 6.05. The molecule has 2 saturated heterocycles. The Morgan fingerprint density at radius 2 is 2.15 bits per heavy atom. The molecule has 3 heterocycles. The number of phosphoric ester groups is 1. The monoisotopic (exact) mass is 404 g/mol. The zero-order valence-corrected chi connectivity index (χ0v) is 16.3. The first kappa shape index (κ1) is 20.4. The minimum absolute atomic E-state index is 0.0249. The Morgan fingerprint density at radius 3 is 2.74 bits per heavy atom. The fourth-order valence-corrected chi connectivity index (χ4v) is 4.73.